The second-order valence-corrected chi connectivity index (χ2v) is 4.99. The Hall–Kier alpha value is -1.10. The average molecular weight is 254 g/mol. The molecule has 2 aliphatic heterocycles. The van der Waals surface area contributed by atoms with Gasteiger partial charge in [-0.1, -0.05) is 6.42 Å². The predicted molar refractivity (Wildman–Crippen MR) is 66.8 cm³/mol. The van der Waals surface area contributed by atoms with Crippen molar-refractivity contribution in [1.29, 1.82) is 0 Å². The van der Waals surface area contributed by atoms with E-state index in [4.69, 9.17) is 4.74 Å². The van der Waals surface area contributed by atoms with E-state index in [2.05, 4.69) is 0 Å². The fourth-order valence-corrected chi connectivity index (χ4v) is 2.46. The maximum Gasteiger partial charge on any atom is 0.224 e. The number of ether oxygens (including phenoxy) is 1. The molecule has 2 fully saturated rings. The molecule has 0 aromatic carbocycles. The fraction of sp³-hybridized carbons (Fsp3) is 0.846. The lowest BCUT2D eigenvalue weighted by Crippen LogP contribution is -2.35. The van der Waals surface area contributed by atoms with Crippen molar-refractivity contribution in [2.45, 2.75) is 38.5 Å². The Morgan fingerprint density at radius 3 is 2.39 bits per heavy atom. The normalized spacial score (nSPS) is 21.6. The van der Waals surface area contributed by atoms with E-state index >= 15 is 0 Å². The van der Waals surface area contributed by atoms with E-state index in [1.165, 1.54) is 0 Å². The summed E-state index contributed by atoms with van der Waals surface area (Å²) in [5.74, 6) is 0.425. The lowest BCUT2D eigenvalue weighted by molar-refractivity contribution is -0.135. The van der Waals surface area contributed by atoms with Crippen LogP contribution in [0.4, 0.5) is 0 Å². The maximum absolute atomic E-state index is 11.7. The van der Waals surface area contributed by atoms with Gasteiger partial charge >= 0.3 is 0 Å². The molecule has 5 heteroatoms. The van der Waals surface area contributed by atoms with Crippen molar-refractivity contribution in [3.05, 3.63) is 0 Å². The third-order valence-corrected chi connectivity index (χ3v) is 3.60. The van der Waals surface area contributed by atoms with Gasteiger partial charge in [0.2, 0.25) is 11.8 Å². The number of amides is 2. The zero-order valence-corrected chi connectivity index (χ0v) is 10.9. The molecule has 2 heterocycles. The highest BCUT2D eigenvalue weighted by molar-refractivity contribution is 5.77. The highest BCUT2D eigenvalue weighted by Gasteiger charge is 2.20. The minimum atomic E-state index is 0.181. The monoisotopic (exact) mass is 254 g/mol. The molecule has 0 aromatic heterocycles. The third kappa shape index (κ3) is 3.70. The predicted octanol–water partition coefficient (Wildman–Crippen LogP) is 0.985. The van der Waals surface area contributed by atoms with Gasteiger partial charge in [0.25, 0.3) is 0 Å². The van der Waals surface area contributed by atoms with Gasteiger partial charge in [-0.2, -0.15) is 0 Å². The van der Waals surface area contributed by atoms with E-state index in [-0.39, 0.29) is 11.8 Å². The third-order valence-electron chi connectivity index (χ3n) is 3.60. The molecule has 102 valence electrons. The Labute approximate surface area is 108 Å². The first kappa shape index (κ1) is 13.3. The number of rotatable bonds is 5. The largest absolute Gasteiger partial charge is 0.359 e. The number of hydrogen-bond acceptors (Lipinski definition) is 3. The van der Waals surface area contributed by atoms with Gasteiger partial charge in [0.1, 0.15) is 6.73 Å². The molecule has 0 N–H and O–H groups in total. The Kier molecular flexibility index (Phi) is 4.99. The van der Waals surface area contributed by atoms with Crippen molar-refractivity contribution < 1.29 is 14.3 Å². The minimum Gasteiger partial charge on any atom is -0.359 e. The fourth-order valence-electron chi connectivity index (χ4n) is 2.46. The van der Waals surface area contributed by atoms with Gasteiger partial charge in [-0.25, -0.2) is 0 Å². The van der Waals surface area contributed by atoms with Crippen LogP contribution in [0, 0.1) is 0 Å². The van der Waals surface area contributed by atoms with Crippen molar-refractivity contribution in [2.24, 2.45) is 0 Å². The van der Waals surface area contributed by atoms with Gasteiger partial charge in [-0.05, 0) is 19.3 Å². The standard InChI is InChI=1S/C13H22N2O3/c16-12-5-2-1-3-7-14(12)9-10-18-11-15-8-4-6-13(15)17/h1-11H2. The molecular formula is C13H22N2O3. The van der Waals surface area contributed by atoms with Gasteiger partial charge in [0.05, 0.1) is 6.61 Å². The summed E-state index contributed by atoms with van der Waals surface area (Å²) in [6.45, 7) is 3.21. The van der Waals surface area contributed by atoms with Crippen LogP contribution in [-0.2, 0) is 14.3 Å². The molecule has 5 nitrogen and oxygen atoms in total. The topological polar surface area (TPSA) is 49.9 Å². The van der Waals surface area contributed by atoms with E-state index in [9.17, 15) is 9.59 Å². The number of likely N-dealkylation sites (tertiary alicyclic amines) is 2. The highest BCUT2D eigenvalue weighted by atomic mass is 16.5. The Morgan fingerprint density at radius 1 is 0.889 bits per heavy atom. The van der Waals surface area contributed by atoms with Crippen LogP contribution in [0.5, 0.6) is 0 Å². The minimum absolute atomic E-state index is 0.181. The molecule has 2 rings (SSSR count). The molecular weight excluding hydrogens is 232 g/mol. The molecule has 2 aliphatic rings. The molecule has 0 aliphatic carbocycles. The van der Waals surface area contributed by atoms with Crippen LogP contribution >= 0.6 is 0 Å². The van der Waals surface area contributed by atoms with Crippen molar-refractivity contribution >= 4 is 11.8 Å². The quantitative estimate of drug-likeness (QED) is 0.687. The second-order valence-electron chi connectivity index (χ2n) is 4.99. The zero-order chi connectivity index (χ0) is 12.8. The summed E-state index contributed by atoms with van der Waals surface area (Å²) in [5.41, 5.74) is 0. The van der Waals surface area contributed by atoms with Gasteiger partial charge in [-0.15, -0.1) is 0 Å². The molecule has 2 saturated heterocycles. The van der Waals surface area contributed by atoms with E-state index < -0.39 is 0 Å². The first-order valence-corrected chi connectivity index (χ1v) is 6.90. The molecule has 0 unspecified atom stereocenters. The Balaban J connectivity index is 1.62. The number of hydrogen-bond donors (Lipinski definition) is 0. The van der Waals surface area contributed by atoms with E-state index in [0.717, 1.165) is 38.8 Å². The molecule has 0 bridgehead atoms. The zero-order valence-electron chi connectivity index (χ0n) is 10.9. The Bertz CT molecular complexity index is 307. The first-order valence-electron chi connectivity index (χ1n) is 6.90. The van der Waals surface area contributed by atoms with Crippen LogP contribution in [-0.4, -0.2) is 54.6 Å². The van der Waals surface area contributed by atoms with Crippen molar-refractivity contribution in [2.75, 3.05) is 33.0 Å². The molecule has 0 aromatic rings. The SMILES string of the molecule is O=C1CCCCCN1CCOCN1CCCC1=O. The Morgan fingerprint density at radius 2 is 1.61 bits per heavy atom. The van der Waals surface area contributed by atoms with Crippen molar-refractivity contribution in [1.82, 2.24) is 9.80 Å². The summed E-state index contributed by atoms with van der Waals surface area (Å²) in [5, 5.41) is 0. The van der Waals surface area contributed by atoms with Crippen molar-refractivity contribution in [3.8, 4) is 0 Å². The summed E-state index contributed by atoms with van der Waals surface area (Å²) in [4.78, 5) is 26.7. The molecule has 0 saturated carbocycles. The van der Waals surface area contributed by atoms with E-state index in [0.29, 0.717) is 32.7 Å². The summed E-state index contributed by atoms with van der Waals surface area (Å²) < 4.78 is 5.49. The molecule has 0 atom stereocenters. The van der Waals surface area contributed by atoms with Gasteiger partial charge in [0, 0.05) is 32.5 Å². The maximum atomic E-state index is 11.7. The van der Waals surface area contributed by atoms with Gasteiger partial charge in [0.15, 0.2) is 0 Å². The lowest BCUT2D eigenvalue weighted by atomic mass is 10.2. The number of carbonyl (C=O) groups is 2. The average Bonchev–Trinajstić information content (AvgIpc) is 2.65. The van der Waals surface area contributed by atoms with E-state index in [1.807, 2.05) is 4.90 Å². The van der Waals surface area contributed by atoms with Gasteiger partial charge in [-0.3, -0.25) is 9.59 Å². The molecule has 0 radical (unpaired) electrons. The summed E-state index contributed by atoms with van der Waals surface area (Å²) >= 11 is 0. The molecule has 0 spiro atoms. The lowest BCUT2D eigenvalue weighted by Gasteiger charge is -2.21. The number of nitrogens with zero attached hydrogens (tertiary/aromatic N) is 2. The smallest absolute Gasteiger partial charge is 0.224 e. The number of carbonyl (C=O) groups excluding carboxylic acids is 2. The van der Waals surface area contributed by atoms with Crippen LogP contribution in [0.25, 0.3) is 0 Å². The molecule has 2 amide bonds. The van der Waals surface area contributed by atoms with E-state index in [1.54, 1.807) is 4.90 Å². The van der Waals surface area contributed by atoms with Crippen molar-refractivity contribution in [3.63, 3.8) is 0 Å². The molecule has 18 heavy (non-hydrogen) atoms. The first-order chi connectivity index (χ1) is 8.77. The van der Waals surface area contributed by atoms with Crippen LogP contribution in [0.2, 0.25) is 0 Å². The highest BCUT2D eigenvalue weighted by Crippen LogP contribution is 2.11. The van der Waals surface area contributed by atoms with Crippen LogP contribution in [0.3, 0.4) is 0 Å². The van der Waals surface area contributed by atoms with Crippen LogP contribution in [0.15, 0.2) is 0 Å². The second kappa shape index (κ2) is 6.73. The van der Waals surface area contributed by atoms with Crippen LogP contribution < -0.4 is 0 Å². The van der Waals surface area contributed by atoms with Crippen LogP contribution in [0.1, 0.15) is 38.5 Å². The summed E-state index contributed by atoms with van der Waals surface area (Å²) in [6.07, 6.45) is 5.51. The summed E-state index contributed by atoms with van der Waals surface area (Å²) in [7, 11) is 0. The summed E-state index contributed by atoms with van der Waals surface area (Å²) in [6, 6.07) is 0. The van der Waals surface area contributed by atoms with Gasteiger partial charge < -0.3 is 14.5 Å².